The van der Waals surface area contributed by atoms with Crippen LogP contribution in [0.3, 0.4) is 0 Å². The Labute approximate surface area is 146 Å². The van der Waals surface area contributed by atoms with Crippen molar-refractivity contribution in [2.45, 2.75) is 25.2 Å². The topological polar surface area (TPSA) is 42.3 Å². The van der Waals surface area contributed by atoms with E-state index < -0.39 is 0 Å². The number of amides is 1. The highest BCUT2D eigenvalue weighted by atomic mass is 35.5. The maximum Gasteiger partial charge on any atom is 0.263 e. The molecule has 3 rings (SSSR count). The Bertz CT molecular complexity index is 783. The van der Waals surface area contributed by atoms with Crippen LogP contribution in [0.15, 0.2) is 47.4 Å². The summed E-state index contributed by atoms with van der Waals surface area (Å²) in [4.78, 5) is 26.9. The third-order valence-electron chi connectivity index (χ3n) is 4.65. The van der Waals surface area contributed by atoms with E-state index in [9.17, 15) is 9.59 Å². The van der Waals surface area contributed by atoms with Gasteiger partial charge in [-0.3, -0.25) is 9.59 Å². The average Bonchev–Trinajstić information content (AvgIpc) is 2.84. The Morgan fingerprint density at radius 1 is 1.17 bits per heavy atom. The molecule has 1 fully saturated rings. The van der Waals surface area contributed by atoms with Crippen molar-refractivity contribution in [2.24, 2.45) is 7.05 Å². The summed E-state index contributed by atoms with van der Waals surface area (Å²) in [6, 6.07) is 11.2. The first kappa shape index (κ1) is 16.8. The summed E-state index contributed by atoms with van der Waals surface area (Å²) in [6.07, 6.45) is 4.74. The molecule has 0 unspecified atom stereocenters. The van der Waals surface area contributed by atoms with E-state index >= 15 is 0 Å². The zero-order valence-electron chi connectivity index (χ0n) is 13.7. The Hall–Kier alpha value is -2.07. The highest BCUT2D eigenvalue weighted by Gasteiger charge is 2.25. The van der Waals surface area contributed by atoms with Gasteiger partial charge in [-0.15, -0.1) is 0 Å². The highest BCUT2D eigenvalue weighted by molar-refractivity contribution is 6.30. The number of hydrogen-bond acceptors (Lipinski definition) is 2. The third kappa shape index (κ3) is 3.54. The van der Waals surface area contributed by atoms with Crippen LogP contribution in [0.2, 0.25) is 5.02 Å². The monoisotopic (exact) mass is 344 g/mol. The van der Waals surface area contributed by atoms with Crippen molar-refractivity contribution in [3.05, 3.63) is 69.1 Å². The van der Waals surface area contributed by atoms with E-state index in [1.807, 2.05) is 29.2 Å². The number of nitrogens with zero attached hydrogens (tertiary/aromatic N) is 2. The van der Waals surface area contributed by atoms with Gasteiger partial charge in [0, 0.05) is 37.3 Å². The maximum atomic E-state index is 12.8. The fourth-order valence-electron chi connectivity index (χ4n) is 3.26. The highest BCUT2D eigenvalue weighted by Crippen LogP contribution is 2.28. The first-order valence-corrected chi connectivity index (χ1v) is 8.64. The minimum absolute atomic E-state index is 0.169. The SMILES string of the molecule is Cn1cccc(C(=O)N2CCCC[C@@H](c3ccc(Cl)cc3)C2)c1=O. The molecule has 4 nitrogen and oxygen atoms in total. The number of aromatic nitrogens is 1. The molecule has 1 aromatic carbocycles. The van der Waals surface area contributed by atoms with Crippen LogP contribution in [-0.2, 0) is 7.05 Å². The van der Waals surface area contributed by atoms with Gasteiger partial charge in [-0.2, -0.15) is 0 Å². The van der Waals surface area contributed by atoms with Gasteiger partial charge in [-0.25, -0.2) is 0 Å². The number of pyridine rings is 1. The first-order chi connectivity index (χ1) is 11.6. The summed E-state index contributed by atoms with van der Waals surface area (Å²) in [6.45, 7) is 1.33. The van der Waals surface area contributed by atoms with Gasteiger partial charge in [0.1, 0.15) is 5.56 Å². The zero-order valence-corrected chi connectivity index (χ0v) is 14.5. The molecule has 1 atom stereocenters. The van der Waals surface area contributed by atoms with Crippen LogP contribution in [0.1, 0.15) is 41.1 Å². The first-order valence-electron chi connectivity index (χ1n) is 8.26. The minimum atomic E-state index is -0.241. The molecular formula is C19H21ClN2O2. The smallest absolute Gasteiger partial charge is 0.263 e. The lowest BCUT2D eigenvalue weighted by molar-refractivity contribution is 0.0752. The van der Waals surface area contributed by atoms with Crippen molar-refractivity contribution in [1.82, 2.24) is 9.47 Å². The van der Waals surface area contributed by atoms with Crippen molar-refractivity contribution >= 4 is 17.5 Å². The molecule has 0 saturated carbocycles. The number of aryl methyl sites for hydroxylation is 1. The van der Waals surface area contributed by atoms with Crippen LogP contribution in [0.4, 0.5) is 0 Å². The van der Waals surface area contributed by atoms with E-state index in [2.05, 4.69) is 0 Å². The van der Waals surface area contributed by atoms with Crippen LogP contribution >= 0.6 is 11.6 Å². The Morgan fingerprint density at radius 3 is 2.67 bits per heavy atom. The van der Waals surface area contributed by atoms with Gasteiger partial charge in [0.15, 0.2) is 0 Å². The quantitative estimate of drug-likeness (QED) is 0.837. The van der Waals surface area contributed by atoms with Crippen molar-refractivity contribution in [3.63, 3.8) is 0 Å². The second-order valence-electron chi connectivity index (χ2n) is 6.33. The van der Waals surface area contributed by atoms with Crippen LogP contribution in [-0.4, -0.2) is 28.5 Å². The number of halogens is 1. The van der Waals surface area contributed by atoms with Gasteiger partial charge in [0.05, 0.1) is 0 Å². The summed E-state index contributed by atoms with van der Waals surface area (Å²) in [5.41, 5.74) is 1.20. The molecule has 1 aliphatic heterocycles. The number of benzene rings is 1. The predicted octanol–water partition coefficient (Wildman–Crippen LogP) is 3.45. The Balaban J connectivity index is 1.84. The third-order valence-corrected chi connectivity index (χ3v) is 4.91. The van der Waals surface area contributed by atoms with E-state index in [1.165, 1.54) is 10.1 Å². The van der Waals surface area contributed by atoms with Crippen LogP contribution < -0.4 is 5.56 Å². The molecule has 1 aliphatic rings. The van der Waals surface area contributed by atoms with Crippen molar-refractivity contribution in [3.8, 4) is 0 Å². The molecule has 0 spiro atoms. The van der Waals surface area contributed by atoms with Crippen LogP contribution in [0.25, 0.3) is 0 Å². The average molecular weight is 345 g/mol. The molecule has 0 aliphatic carbocycles. The van der Waals surface area contributed by atoms with Gasteiger partial charge in [-0.05, 0) is 42.7 Å². The molecule has 5 heteroatoms. The number of carbonyl (C=O) groups excluding carboxylic acids is 1. The van der Waals surface area contributed by atoms with Gasteiger partial charge >= 0.3 is 0 Å². The second-order valence-corrected chi connectivity index (χ2v) is 6.77. The van der Waals surface area contributed by atoms with E-state index in [0.29, 0.717) is 18.1 Å². The molecule has 126 valence electrons. The number of hydrogen-bond donors (Lipinski definition) is 0. The largest absolute Gasteiger partial charge is 0.338 e. The second kappa shape index (κ2) is 7.22. The Kier molecular flexibility index (Phi) is 5.05. The molecule has 2 heterocycles. The number of likely N-dealkylation sites (tertiary alicyclic amines) is 1. The maximum absolute atomic E-state index is 12.8. The summed E-state index contributed by atoms with van der Waals surface area (Å²) < 4.78 is 1.45. The minimum Gasteiger partial charge on any atom is -0.338 e. The summed E-state index contributed by atoms with van der Waals surface area (Å²) in [5, 5.41) is 0.716. The summed E-state index contributed by atoms with van der Waals surface area (Å²) in [7, 11) is 1.66. The molecular weight excluding hydrogens is 324 g/mol. The number of rotatable bonds is 2. The predicted molar refractivity (Wildman–Crippen MR) is 95.6 cm³/mol. The van der Waals surface area contributed by atoms with E-state index in [-0.39, 0.29) is 22.9 Å². The lowest BCUT2D eigenvalue weighted by Gasteiger charge is -2.25. The van der Waals surface area contributed by atoms with Crippen LogP contribution in [0, 0.1) is 0 Å². The molecule has 1 saturated heterocycles. The van der Waals surface area contributed by atoms with Gasteiger partial charge in [-0.1, -0.05) is 30.2 Å². The normalized spacial score (nSPS) is 18.2. The Morgan fingerprint density at radius 2 is 1.92 bits per heavy atom. The molecule has 0 bridgehead atoms. The van der Waals surface area contributed by atoms with Crippen molar-refractivity contribution in [1.29, 1.82) is 0 Å². The van der Waals surface area contributed by atoms with E-state index in [0.717, 1.165) is 19.3 Å². The van der Waals surface area contributed by atoms with Gasteiger partial charge in [0.25, 0.3) is 11.5 Å². The molecule has 0 N–H and O–H groups in total. The molecule has 0 radical (unpaired) electrons. The summed E-state index contributed by atoms with van der Waals surface area (Å²) >= 11 is 5.97. The summed E-state index contributed by atoms with van der Waals surface area (Å²) in [5.74, 6) is 0.110. The van der Waals surface area contributed by atoms with Crippen molar-refractivity contribution in [2.75, 3.05) is 13.1 Å². The molecule has 1 aromatic heterocycles. The van der Waals surface area contributed by atoms with Gasteiger partial charge in [0.2, 0.25) is 0 Å². The van der Waals surface area contributed by atoms with Crippen LogP contribution in [0.5, 0.6) is 0 Å². The standard InChI is InChI=1S/C19H21ClN2O2/c1-21-11-4-6-17(18(21)23)19(24)22-12-3-2-5-15(13-22)14-7-9-16(20)10-8-14/h4,6-11,15H,2-3,5,12-13H2,1H3/t15-/m1/s1. The molecule has 2 aromatic rings. The fraction of sp³-hybridized carbons (Fsp3) is 0.368. The van der Waals surface area contributed by atoms with Gasteiger partial charge < -0.3 is 9.47 Å². The lowest BCUT2D eigenvalue weighted by Crippen LogP contribution is -2.38. The van der Waals surface area contributed by atoms with E-state index in [1.54, 1.807) is 25.4 Å². The van der Waals surface area contributed by atoms with Crippen molar-refractivity contribution < 1.29 is 4.79 Å². The number of carbonyl (C=O) groups is 1. The molecule has 1 amide bonds. The zero-order chi connectivity index (χ0) is 17.1. The van der Waals surface area contributed by atoms with E-state index in [4.69, 9.17) is 11.6 Å². The fourth-order valence-corrected chi connectivity index (χ4v) is 3.39. The molecule has 24 heavy (non-hydrogen) atoms. The lowest BCUT2D eigenvalue weighted by atomic mass is 9.94.